The summed E-state index contributed by atoms with van der Waals surface area (Å²) in [5, 5.41) is 11.9. The van der Waals surface area contributed by atoms with Crippen LogP contribution in [-0.4, -0.2) is 31.2 Å². The van der Waals surface area contributed by atoms with Gasteiger partial charge in [-0.05, 0) is 41.8 Å². The lowest BCUT2D eigenvalue weighted by Crippen LogP contribution is -2.34. The monoisotopic (exact) mass is 361 g/mol. The van der Waals surface area contributed by atoms with Crippen molar-refractivity contribution in [1.29, 1.82) is 0 Å². The Kier molecular flexibility index (Phi) is 6.16. The third-order valence-electron chi connectivity index (χ3n) is 3.88. The number of rotatable bonds is 7. The lowest BCUT2D eigenvalue weighted by molar-refractivity contribution is -0.142. The number of ether oxygens (including phenoxy) is 2. The molecule has 0 bridgehead atoms. The van der Waals surface area contributed by atoms with Crippen molar-refractivity contribution >= 4 is 11.9 Å². The molecule has 1 atom stereocenters. The minimum atomic E-state index is -1.26. The number of benzene rings is 2. The Morgan fingerprint density at radius 3 is 2.38 bits per heavy atom. The molecule has 7 heteroatoms. The van der Waals surface area contributed by atoms with Gasteiger partial charge < -0.3 is 19.9 Å². The SMILES string of the molecule is COc1ccc(CC(=O)NC(C(=O)O)c2ccc(F)c(C)c2)cc1OC. The van der Waals surface area contributed by atoms with E-state index in [0.29, 0.717) is 28.2 Å². The van der Waals surface area contributed by atoms with E-state index in [-0.39, 0.29) is 6.42 Å². The second kappa shape index (κ2) is 8.33. The molecule has 0 radical (unpaired) electrons. The largest absolute Gasteiger partial charge is 0.493 e. The summed E-state index contributed by atoms with van der Waals surface area (Å²) in [6.45, 7) is 1.53. The molecule has 0 fully saturated rings. The number of hydrogen-bond donors (Lipinski definition) is 2. The second-order valence-corrected chi connectivity index (χ2v) is 5.71. The molecule has 0 saturated carbocycles. The maximum Gasteiger partial charge on any atom is 0.330 e. The highest BCUT2D eigenvalue weighted by Gasteiger charge is 2.23. The summed E-state index contributed by atoms with van der Waals surface area (Å²) in [4.78, 5) is 23.8. The van der Waals surface area contributed by atoms with Crippen LogP contribution in [0.4, 0.5) is 4.39 Å². The lowest BCUT2D eigenvalue weighted by Gasteiger charge is -2.16. The number of carboxylic acids is 1. The maximum atomic E-state index is 13.4. The Hall–Kier alpha value is -3.09. The van der Waals surface area contributed by atoms with E-state index in [1.807, 2.05) is 0 Å². The molecule has 2 aromatic carbocycles. The van der Waals surface area contributed by atoms with Gasteiger partial charge in [-0.15, -0.1) is 0 Å². The summed E-state index contributed by atoms with van der Waals surface area (Å²) in [6.07, 6.45) is -0.0374. The summed E-state index contributed by atoms with van der Waals surface area (Å²) < 4.78 is 23.7. The average Bonchev–Trinajstić information content (AvgIpc) is 2.61. The average molecular weight is 361 g/mol. The van der Waals surface area contributed by atoms with E-state index in [2.05, 4.69) is 5.32 Å². The number of aliphatic carboxylic acids is 1. The molecule has 0 aromatic heterocycles. The minimum absolute atomic E-state index is 0.0374. The predicted molar refractivity (Wildman–Crippen MR) is 92.9 cm³/mol. The van der Waals surface area contributed by atoms with E-state index in [1.165, 1.54) is 39.3 Å². The predicted octanol–water partition coefficient (Wildman–Crippen LogP) is 2.64. The van der Waals surface area contributed by atoms with Crippen LogP contribution in [0.1, 0.15) is 22.7 Å². The molecule has 2 aromatic rings. The Balaban J connectivity index is 2.15. The highest BCUT2D eigenvalue weighted by Crippen LogP contribution is 2.27. The topological polar surface area (TPSA) is 84.9 Å². The van der Waals surface area contributed by atoms with Crippen LogP contribution in [0.3, 0.4) is 0 Å². The number of nitrogens with one attached hydrogen (secondary N) is 1. The highest BCUT2D eigenvalue weighted by molar-refractivity contribution is 5.85. The second-order valence-electron chi connectivity index (χ2n) is 5.71. The van der Waals surface area contributed by atoms with Crippen molar-refractivity contribution in [3.05, 3.63) is 58.9 Å². The van der Waals surface area contributed by atoms with E-state index < -0.39 is 23.7 Å². The lowest BCUT2D eigenvalue weighted by atomic mass is 10.0. The zero-order chi connectivity index (χ0) is 19.3. The first-order chi connectivity index (χ1) is 12.3. The number of amides is 1. The van der Waals surface area contributed by atoms with Crippen LogP contribution in [-0.2, 0) is 16.0 Å². The first kappa shape index (κ1) is 19.2. The smallest absolute Gasteiger partial charge is 0.330 e. The number of halogens is 1. The fourth-order valence-corrected chi connectivity index (χ4v) is 2.52. The van der Waals surface area contributed by atoms with Gasteiger partial charge in [0.05, 0.1) is 20.6 Å². The fourth-order valence-electron chi connectivity index (χ4n) is 2.52. The van der Waals surface area contributed by atoms with Gasteiger partial charge in [-0.3, -0.25) is 4.79 Å². The zero-order valence-electron chi connectivity index (χ0n) is 14.7. The molecule has 138 valence electrons. The molecule has 0 heterocycles. The molecule has 0 aliphatic rings. The standard InChI is InChI=1S/C19H20FNO5/c1-11-8-13(5-6-14(11)20)18(19(23)24)21-17(22)10-12-4-7-15(25-2)16(9-12)26-3/h4-9,18H,10H2,1-3H3,(H,21,22)(H,23,24). The van der Waals surface area contributed by atoms with Gasteiger partial charge in [0.25, 0.3) is 0 Å². The van der Waals surface area contributed by atoms with Gasteiger partial charge in [0, 0.05) is 0 Å². The van der Waals surface area contributed by atoms with Crippen LogP contribution < -0.4 is 14.8 Å². The zero-order valence-corrected chi connectivity index (χ0v) is 14.7. The van der Waals surface area contributed by atoms with Crippen LogP contribution in [0.2, 0.25) is 0 Å². The van der Waals surface area contributed by atoms with Crippen molar-refractivity contribution < 1.29 is 28.6 Å². The molecule has 0 spiro atoms. The summed E-state index contributed by atoms with van der Waals surface area (Å²) in [6, 6.07) is 7.68. The molecule has 1 unspecified atom stereocenters. The third kappa shape index (κ3) is 4.50. The molecule has 2 rings (SSSR count). The van der Waals surface area contributed by atoms with Gasteiger partial charge in [0.15, 0.2) is 17.5 Å². The minimum Gasteiger partial charge on any atom is -0.493 e. The molecular formula is C19H20FNO5. The summed E-state index contributed by atoms with van der Waals surface area (Å²) in [7, 11) is 2.99. The molecule has 0 saturated heterocycles. The van der Waals surface area contributed by atoms with E-state index in [9.17, 15) is 19.1 Å². The van der Waals surface area contributed by atoms with Crippen molar-refractivity contribution in [2.75, 3.05) is 14.2 Å². The van der Waals surface area contributed by atoms with E-state index in [4.69, 9.17) is 9.47 Å². The summed E-state index contributed by atoms with van der Waals surface area (Å²) in [5.74, 6) is -1.14. The first-order valence-electron chi connectivity index (χ1n) is 7.84. The van der Waals surface area contributed by atoms with Crippen molar-refractivity contribution in [1.82, 2.24) is 5.32 Å². The van der Waals surface area contributed by atoms with Crippen LogP contribution in [0.5, 0.6) is 11.5 Å². The highest BCUT2D eigenvalue weighted by atomic mass is 19.1. The Morgan fingerprint density at radius 2 is 1.81 bits per heavy atom. The van der Waals surface area contributed by atoms with Gasteiger partial charge in [0.1, 0.15) is 5.82 Å². The van der Waals surface area contributed by atoms with Gasteiger partial charge in [0.2, 0.25) is 5.91 Å². The number of carbonyl (C=O) groups excluding carboxylic acids is 1. The van der Waals surface area contributed by atoms with Gasteiger partial charge in [-0.25, -0.2) is 9.18 Å². The number of methoxy groups -OCH3 is 2. The van der Waals surface area contributed by atoms with Crippen molar-refractivity contribution in [3.63, 3.8) is 0 Å². The molecule has 0 aliphatic heterocycles. The van der Waals surface area contributed by atoms with Crippen molar-refractivity contribution in [3.8, 4) is 11.5 Å². The van der Waals surface area contributed by atoms with Crippen LogP contribution in [0.15, 0.2) is 36.4 Å². The number of carboxylic acid groups (broad SMARTS) is 1. The maximum absolute atomic E-state index is 13.4. The van der Waals surface area contributed by atoms with Gasteiger partial charge in [-0.1, -0.05) is 18.2 Å². The molecule has 2 N–H and O–H groups in total. The molecule has 0 aliphatic carbocycles. The van der Waals surface area contributed by atoms with Gasteiger partial charge in [-0.2, -0.15) is 0 Å². The third-order valence-corrected chi connectivity index (χ3v) is 3.88. The molecule has 1 amide bonds. The first-order valence-corrected chi connectivity index (χ1v) is 7.84. The Morgan fingerprint density at radius 1 is 1.12 bits per heavy atom. The number of carbonyl (C=O) groups is 2. The van der Waals surface area contributed by atoms with Gasteiger partial charge >= 0.3 is 5.97 Å². The fraction of sp³-hybridized carbons (Fsp3) is 0.263. The summed E-state index contributed by atoms with van der Waals surface area (Å²) in [5.41, 5.74) is 1.25. The van der Waals surface area contributed by atoms with Crippen LogP contribution >= 0.6 is 0 Å². The van der Waals surface area contributed by atoms with Crippen molar-refractivity contribution in [2.24, 2.45) is 0 Å². The Bertz CT molecular complexity index is 822. The normalized spacial score (nSPS) is 11.5. The van der Waals surface area contributed by atoms with E-state index in [1.54, 1.807) is 18.2 Å². The van der Waals surface area contributed by atoms with E-state index in [0.717, 1.165) is 0 Å². The van der Waals surface area contributed by atoms with Crippen LogP contribution in [0, 0.1) is 12.7 Å². The number of hydrogen-bond acceptors (Lipinski definition) is 4. The molecular weight excluding hydrogens is 341 g/mol. The number of aryl methyl sites for hydroxylation is 1. The Labute approximate surface area is 150 Å². The quantitative estimate of drug-likeness (QED) is 0.792. The van der Waals surface area contributed by atoms with Crippen LogP contribution in [0.25, 0.3) is 0 Å². The van der Waals surface area contributed by atoms with Crippen molar-refractivity contribution in [2.45, 2.75) is 19.4 Å². The summed E-state index contributed by atoms with van der Waals surface area (Å²) >= 11 is 0. The van der Waals surface area contributed by atoms with E-state index >= 15 is 0 Å². The molecule has 6 nitrogen and oxygen atoms in total. The molecule has 26 heavy (non-hydrogen) atoms.